The first kappa shape index (κ1) is 11.7. The fourth-order valence-electron chi connectivity index (χ4n) is 1.07. The van der Waals surface area contributed by atoms with E-state index in [4.69, 9.17) is 27.1 Å². The third-order valence-corrected chi connectivity index (χ3v) is 2.85. The topological polar surface area (TPSA) is 83.6 Å². The Morgan fingerprint density at radius 2 is 1.86 bits per heavy atom. The van der Waals surface area contributed by atoms with Gasteiger partial charge in [-0.2, -0.15) is 0 Å². The van der Waals surface area contributed by atoms with Gasteiger partial charge in [-0.05, 0) is 17.7 Å². The van der Waals surface area contributed by atoms with Crippen molar-refractivity contribution < 1.29 is 14.4 Å². The lowest BCUT2D eigenvalue weighted by Gasteiger charge is -2.12. The monoisotopic (exact) mass is 235 g/mol. The van der Waals surface area contributed by atoms with E-state index >= 15 is 0 Å². The van der Waals surface area contributed by atoms with E-state index in [0.717, 1.165) is 0 Å². The highest BCUT2D eigenvalue weighted by atomic mass is 35.5. The van der Waals surface area contributed by atoms with Crippen LogP contribution in [0.25, 0.3) is 0 Å². The van der Waals surface area contributed by atoms with Crippen molar-refractivity contribution >= 4 is 19.2 Å². The number of hydrogen-bond donors (Lipinski definition) is 3. The van der Waals surface area contributed by atoms with Crippen molar-refractivity contribution in [2.45, 2.75) is 6.04 Å². The van der Waals surface area contributed by atoms with Gasteiger partial charge in [-0.25, -0.2) is 0 Å². The second-order valence-electron chi connectivity index (χ2n) is 3.01. The first-order chi connectivity index (χ1) is 6.38. The van der Waals surface area contributed by atoms with Crippen molar-refractivity contribution in [1.82, 2.24) is 0 Å². The van der Waals surface area contributed by atoms with Gasteiger partial charge in [0.1, 0.15) is 0 Å². The predicted octanol–water partition coefficient (Wildman–Crippen LogP) is 1.52. The summed E-state index contributed by atoms with van der Waals surface area (Å²) < 4.78 is 10.7. The van der Waals surface area contributed by atoms with E-state index < -0.39 is 13.6 Å². The lowest BCUT2D eigenvalue weighted by atomic mass is 10.1. The van der Waals surface area contributed by atoms with Crippen LogP contribution in [-0.4, -0.2) is 15.9 Å². The molecule has 1 atom stereocenters. The zero-order chi connectivity index (χ0) is 10.8. The highest BCUT2D eigenvalue weighted by molar-refractivity contribution is 7.51. The Labute approximate surface area is 86.9 Å². The summed E-state index contributed by atoms with van der Waals surface area (Å²) >= 11 is 5.66. The number of rotatable bonds is 3. The molecule has 78 valence electrons. The lowest BCUT2D eigenvalue weighted by Crippen LogP contribution is -2.14. The number of benzene rings is 1. The molecule has 0 aliphatic heterocycles. The average Bonchev–Trinajstić information content (AvgIpc) is 2.02. The molecule has 1 aromatic carbocycles. The van der Waals surface area contributed by atoms with Crippen LogP contribution in [0.2, 0.25) is 5.02 Å². The van der Waals surface area contributed by atoms with Gasteiger partial charge in [0.15, 0.2) is 0 Å². The maximum Gasteiger partial charge on any atom is 0.327 e. The summed E-state index contributed by atoms with van der Waals surface area (Å²) in [4.78, 5) is 17.4. The van der Waals surface area contributed by atoms with E-state index in [9.17, 15) is 4.57 Å². The molecule has 0 fully saturated rings. The first-order valence-electron chi connectivity index (χ1n) is 3.94. The maximum atomic E-state index is 10.7. The molecular formula is C8H11ClNO3P. The van der Waals surface area contributed by atoms with Gasteiger partial charge in [0.25, 0.3) is 0 Å². The summed E-state index contributed by atoms with van der Waals surface area (Å²) in [6, 6.07) is 5.92. The van der Waals surface area contributed by atoms with Crippen molar-refractivity contribution in [3.8, 4) is 0 Å². The van der Waals surface area contributed by atoms with Gasteiger partial charge in [-0.1, -0.05) is 23.7 Å². The minimum Gasteiger partial charge on any atom is -0.324 e. The van der Waals surface area contributed by atoms with Crippen molar-refractivity contribution in [3.63, 3.8) is 0 Å². The lowest BCUT2D eigenvalue weighted by molar-refractivity contribution is 0.369. The van der Waals surface area contributed by atoms with Crippen LogP contribution < -0.4 is 5.73 Å². The van der Waals surface area contributed by atoms with Gasteiger partial charge in [0.2, 0.25) is 0 Å². The molecule has 0 aromatic heterocycles. The molecule has 0 saturated heterocycles. The molecule has 0 aliphatic carbocycles. The quantitative estimate of drug-likeness (QED) is 0.694. The van der Waals surface area contributed by atoms with Crippen LogP contribution in [0.1, 0.15) is 11.6 Å². The second-order valence-corrected chi connectivity index (χ2v) is 5.14. The molecule has 4 nitrogen and oxygen atoms in total. The molecule has 1 unspecified atom stereocenters. The third-order valence-electron chi connectivity index (χ3n) is 1.73. The van der Waals surface area contributed by atoms with E-state index in [1.807, 2.05) is 0 Å². The Morgan fingerprint density at radius 1 is 1.36 bits per heavy atom. The number of nitrogens with two attached hydrogens (primary N) is 1. The minimum atomic E-state index is -4.06. The molecule has 0 radical (unpaired) electrons. The third kappa shape index (κ3) is 3.78. The first-order valence-corrected chi connectivity index (χ1v) is 6.11. The summed E-state index contributed by atoms with van der Waals surface area (Å²) in [5.41, 5.74) is 6.26. The SMILES string of the molecule is NC(CP(=O)(O)O)c1ccc(Cl)cc1. The summed E-state index contributed by atoms with van der Waals surface area (Å²) in [5, 5.41) is 0.567. The zero-order valence-electron chi connectivity index (χ0n) is 7.30. The molecule has 0 aliphatic rings. The van der Waals surface area contributed by atoms with Gasteiger partial charge in [-0.15, -0.1) is 0 Å². The molecule has 0 heterocycles. The Kier molecular flexibility index (Phi) is 3.70. The second kappa shape index (κ2) is 4.43. The van der Waals surface area contributed by atoms with Crippen molar-refractivity contribution in [1.29, 1.82) is 0 Å². The van der Waals surface area contributed by atoms with Gasteiger partial charge < -0.3 is 15.5 Å². The number of halogens is 1. The summed E-state index contributed by atoms with van der Waals surface area (Å²) in [6.45, 7) is 0. The largest absolute Gasteiger partial charge is 0.327 e. The van der Waals surface area contributed by atoms with Crippen LogP contribution in [0.5, 0.6) is 0 Å². The molecule has 1 rings (SSSR count). The Morgan fingerprint density at radius 3 is 2.29 bits per heavy atom. The maximum absolute atomic E-state index is 10.7. The Bertz CT molecular complexity index is 348. The van der Waals surface area contributed by atoms with E-state index in [2.05, 4.69) is 0 Å². The van der Waals surface area contributed by atoms with Crippen LogP contribution in [0.4, 0.5) is 0 Å². The van der Waals surface area contributed by atoms with E-state index in [1.165, 1.54) is 0 Å². The van der Waals surface area contributed by atoms with Crippen LogP contribution in [-0.2, 0) is 4.57 Å². The van der Waals surface area contributed by atoms with Gasteiger partial charge in [0, 0.05) is 11.1 Å². The van der Waals surface area contributed by atoms with Crippen LogP contribution >= 0.6 is 19.2 Å². The molecule has 4 N–H and O–H groups in total. The van der Waals surface area contributed by atoms with Gasteiger partial charge >= 0.3 is 7.60 Å². The normalized spacial score (nSPS) is 14.0. The molecule has 0 bridgehead atoms. The zero-order valence-corrected chi connectivity index (χ0v) is 8.95. The standard InChI is InChI=1S/C8H11ClNO3P/c9-7-3-1-6(2-4-7)8(10)5-14(11,12)13/h1-4,8H,5,10H2,(H2,11,12,13). The summed E-state index contributed by atoms with van der Waals surface area (Å²) in [5.74, 6) is 0. The molecule has 0 spiro atoms. The summed E-state index contributed by atoms with van der Waals surface area (Å²) in [7, 11) is -4.06. The highest BCUT2D eigenvalue weighted by Crippen LogP contribution is 2.38. The fraction of sp³-hybridized carbons (Fsp3) is 0.250. The van der Waals surface area contributed by atoms with Gasteiger partial charge in [0.05, 0.1) is 6.16 Å². The van der Waals surface area contributed by atoms with Crippen molar-refractivity contribution in [3.05, 3.63) is 34.9 Å². The Hall–Kier alpha value is -0.380. The molecule has 0 saturated carbocycles. The van der Waals surface area contributed by atoms with Crippen LogP contribution in [0, 0.1) is 0 Å². The molecular weight excluding hydrogens is 225 g/mol. The fourth-order valence-corrected chi connectivity index (χ4v) is 1.92. The number of hydrogen-bond acceptors (Lipinski definition) is 2. The van der Waals surface area contributed by atoms with Crippen molar-refractivity contribution in [2.24, 2.45) is 5.73 Å². The average molecular weight is 236 g/mol. The molecule has 14 heavy (non-hydrogen) atoms. The van der Waals surface area contributed by atoms with E-state index in [0.29, 0.717) is 10.6 Å². The molecule has 1 aromatic rings. The van der Waals surface area contributed by atoms with Crippen LogP contribution in [0.15, 0.2) is 24.3 Å². The van der Waals surface area contributed by atoms with E-state index in [-0.39, 0.29) is 6.16 Å². The Balaban J connectivity index is 2.75. The van der Waals surface area contributed by atoms with Gasteiger partial charge in [-0.3, -0.25) is 4.57 Å². The minimum absolute atomic E-state index is 0.353. The molecule has 0 amide bonds. The smallest absolute Gasteiger partial charge is 0.324 e. The van der Waals surface area contributed by atoms with E-state index in [1.54, 1.807) is 24.3 Å². The van der Waals surface area contributed by atoms with Crippen LogP contribution in [0.3, 0.4) is 0 Å². The molecule has 6 heteroatoms. The summed E-state index contributed by atoms with van der Waals surface area (Å²) in [6.07, 6.45) is -0.353. The van der Waals surface area contributed by atoms with Crippen molar-refractivity contribution in [2.75, 3.05) is 6.16 Å². The highest BCUT2D eigenvalue weighted by Gasteiger charge is 2.19. The predicted molar refractivity (Wildman–Crippen MR) is 55.3 cm³/mol.